The van der Waals surface area contributed by atoms with Gasteiger partial charge in [-0.25, -0.2) is 9.97 Å². The second-order valence-corrected chi connectivity index (χ2v) is 7.09. The summed E-state index contributed by atoms with van der Waals surface area (Å²) in [5, 5.41) is 1.11. The Labute approximate surface area is 153 Å². The molecule has 1 amide bonds. The van der Waals surface area contributed by atoms with Gasteiger partial charge in [0.2, 0.25) is 5.91 Å². The molecule has 2 aromatic rings. The van der Waals surface area contributed by atoms with Gasteiger partial charge in [-0.1, -0.05) is 6.58 Å². The molecule has 0 spiro atoms. The van der Waals surface area contributed by atoms with Crippen molar-refractivity contribution in [3.05, 3.63) is 30.7 Å². The van der Waals surface area contributed by atoms with Gasteiger partial charge in [0.15, 0.2) is 0 Å². The Kier molecular flexibility index (Phi) is 4.63. The number of nitrogens with zero attached hydrogens (tertiary/aromatic N) is 4. The lowest BCUT2D eigenvalue weighted by Gasteiger charge is -2.27. The molecule has 1 N–H and O–H groups in total. The summed E-state index contributed by atoms with van der Waals surface area (Å²) in [7, 11) is 2.06. The number of amides is 1. The van der Waals surface area contributed by atoms with E-state index >= 15 is 0 Å². The molecule has 0 aromatic carbocycles. The fourth-order valence-corrected chi connectivity index (χ4v) is 4.13. The van der Waals surface area contributed by atoms with E-state index in [1.807, 2.05) is 4.90 Å². The van der Waals surface area contributed by atoms with Gasteiger partial charge in [0, 0.05) is 45.6 Å². The Balaban J connectivity index is 1.64. The zero-order valence-electron chi connectivity index (χ0n) is 15.1. The normalized spacial score (nSPS) is 21.3. The van der Waals surface area contributed by atoms with E-state index in [4.69, 9.17) is 4.74 Å². The molecule has 2 saturated heterocycles. The first-order valence-corrected chi connectivity index (χ1v) is 9.23. The number of nitrogens with one attached hydrogen (secondary N) is 1. The number of fused-ring (bicyclic) bond motifs is 1. The van der Waals surface area contributed by atoms with Crippen LogP contribution in [0.25, 0.3) is 11.0 Å². The number of aromatic amines is 1. The molecule has 7 nitrogen and oxygen atoms in total. The van der Waals surface area contributed by atoms with E-state index in [9.17, 15) is 4.79 Å². The molecule has 2 aromatic heterocycles. The summed E-state index contributed by atoms with van der Waals surface area (Å²) in [5.74, 6) is 1.41. The molecule has 138 valence electrons. The first-order valence-electron chi connectivity index (χ1n) is 9.23. The van der Waals surface area contributed by atoms with Crippen LogP contribution in [0.1, 0.15) is 30.7 Å². The molecular formula is C19H25N5O2. The second-order valence-electron chi connectivity index (χ2n) is 7.09. The van der Waals surface area contributed by atoms with Crippen molar-refractivity contribution >= 4 is 22.8 Å². The van der Waals surface area contributed by atoms with Crippen molar-refractivity contribution in [1.82, 2.24) is 19.9 Å². The van der Waals surface area contributed by atoms with Crippen molar-refractivity contribution in [3.63, 3.8) is 0 Å². The predicted molar refractivity (Wildman–Crippen MR) is 100 cm³/mol. The maximum absolute atomic E-state index is 11.9. The molecule has 2 fully saturated rings. The fraction of sp³-hybridized carbons (Fsp3) is 0.526. The first kappa shape index (κ1) is 17.0. The minimum absolute atomic E-state index is 0.00160. The molecule has 26 heavy (non-hydrogen) atoms. The molecule has 1 atom stereocenters. The van der Waals surface area contributed by atoms with E-state index in [-0.39, 0.29) is 11.9 Å². The zero-order chi connectivity index (χ0) is 18.1. The highest BCUT2D eigenvalue weighted by atomic mass is 16.5. The first-order chi connectivity index (χ1) is 12.7. The highest BCUT2D eigenvalue weighted by molar-refractivity contribution is 5.91. The number of hydrogen-bond donors (Lipinski definition) is 1. The van der Waals surface area contributed by atoms with Gasteiger partial charge in [-0.05, 0) is 36.8 Å². The Morgan fingerprint density at radius 1 is 1.38 bits per heavy atom. The monoisotopic (exact) mass is 355 g/mol. The van der Waals surface area contributed by atoms with Gasteiger partial charge >= 0.3 is 0 Å². The molecule has 0 aliphatic carbocycles. The number of hydrogen-bond acceptors (Lipinski definition) is 5. The van der Waals surface area contributed by atoms with Crippen LogP contribution < -0.4 is 4.90 Å². The topological polar surface area (TPSA) is 74.4 Å². The third kappa shape index (κ3) is 2.96. The van der Waals surface area contributed by atoms with Gasteiger partial charge in [0.25, 0.3) is 0 Å². The van der Waals surface area contributed by atoms with Crippen molar-refractivity contribution < 1.29 is 9.53 Å². The highest BCUT2D eigenvalue weighted by Gasteiger charge is 2.30. The maximum atomic E-state index is 11.9. The zero-order valence-corrected chi connectivity index (χ0v) is 15.1. The van der Waals surface area contributed by atoms with Gasteiger partial charge in [0.1, 0.15) is 17.8 Å². The smallest absolute Gasteiger partial charge is 0.246 e. The van der Waals surface area contributed by atoms with Crippen molar-refractivity contribution in [2.45, 2.75) is 31.2 Å². The van der Waals surface area contributed by atoms with Crippen LogP contribution in [-0.2, 0) is 9.53 Å². The van der Waals surface area contributed by atoms with E-state index in [0.717, 1.165) is 55.9 Å². The van der Waals surface area contributed by atoms with Gasteiger partial charge in [-0.2, -0.15) is 0 Å². The van der Waals surface area contributed by atoms with Gasteiger partial charge < -0.3 is 19.5 Å². The molecule has 0 unspecified atom stereocenters. The van der Waals surface area contributed by atoms with Gasteiger partial charge in [-0.3, -0.25) is 4.79 Å². The molecule has 0 bridgehead atoms. The summed E-state index contributed by atoms with van der Waals surface area (Å²) < 4.78 is 5.52. The minimum Gasteiger partial charge on any atom is -0.381 e. The average molecular weight is 355 g/mol. The van der Waals surface area contributed by atoms with Gasteiger partial charge in [-0.15, -0.1) is 0 Å². The van der Waals surface area contributed by atoms with Crippen LogP contribution in [0.15, 0.2) is 25.2 Å². The molecule has 4 rings (SSSR count). The van der Waals surface area contributed by atoms with Crippen LogP contribution in [0.4, 0.5) is 5.82 Å². The van der Waals surface area contributed by atoms with Crippen molar-refractivity contribution in [3.8, 4) is 0 Å². The maximum Gasteiger partial charge on any atom is 0.246 e. The van der Waals surface area contributed by atoms with Crippen LogP contribution in [0.5, 0.6) is 0 Å². The molecule has 7 heteroatoms. The number of likely N-dealkylation sites (tertiary alicyclic amines) is 1. The third-order valence-corrected chi connectivity index (χ3v) is 5.67. The molecule has 2 aliphatic heterocycles. The van der Waals surface area contributed by atoms with E-state index in [2.05, 4.69) is 39.7 Å². The molecule has 0 radical (unpaired) electrons. The summed E-state index contributed by atoms with van der Waals surface area (Å²) >= 11 is 0. The van der Waals surface area contributed by atoms with Crippen LogP contribution in [0, 0.1) is 0 Å². The minimum atomic E-state index is -0.00160. The average Bonchev–Trinajstić information content (AvgIpc) is 3.34. The summed E-state index contributed by atoms with van der Waals surface area (Å²) in [6.07, 6.45) is 8.06. The fourth-order valence-electron chi connectivity index (χ4n) is 4.13. The van der Waals surface area contributed by atoms with Crippen LogP contribution in [0.2, 0.25) is 0 Å². The number of aromatic nitrogens is 3. The molecule has 0 saturated carbocycles. The number of rotatable bonds is 4. The van der Waals surface area contributed by atoms with Crippen molar-refractivity contribution in [2.75, 3.05) is 38.3 Å². The summed E-state index contributed by atoms with van der Waals surface area (Å²) in [4.78, 5) is 28.3. The summed E-state index contributed by atoms with van der Waals surface area (Å²) in [6.45, 7) is 6.65. The number of carbonyl (C=O) groups excluding carboxylic acids is 1. The lowest BCUT2D eigenvalue weighted by molar-refractivity contribution is -0.125. The van der Waals surface area contributed by atoms with Crippen LogP contribution in [-0.4, -0.2) is 65.2 Å². The Morgan fingerprint density at radius 3 is 2.96 bits per heavy atom. The predicted octanol–water partition coefficient (Wildman–Crippen LogP) is 2.07. The SMILES string of the molecule is C=CC(=O)N1CC[C@@H](N(C)c2ncnc3[nH]cc(C4CCOCC4)c23)C1. The van der Waals surface area contributed by atoms with E-state index in [1.54, 1.807) is 6.33 Å². The number of anilines is 1. The van der Waals surface area contributed by atoms with Crippen LogP contribution in [0.3, 0.4) is 0 Å². The largest absolute Gasteiger partial charge is 0.381 e. The number of H-pyrrole nitrogens is 1. The van der Waals surface area contributed by atoms with E-state index < -0.39 is 0 Å². The molecule has 2 aliphatic rings. The quantitative estimate of drug-likeness (QED) is 0.850. The van der Waals surface area contributed by atoms with Gasteiger partial charge in [0.05, 0.1) is 5.39 Å². The lowest BCUT2D eigenvalue weighted by Crippen LogP contribution is -2.36. The molecule has 4 heterocycles. The lowest BCUT2D eigenvalue weighted by atomic mass is 9.92. The Morgan fingerprint density at radius 2 is 2.19 bits per heavy atom. The number of ether oxygens (including phenoxy) is 1. The standard InChI is InChI=1S/C19H25N5O2/c1-3-16(25)24-7-4-14(11-24)23(2)19-17-15(13-5-8-26-9-6-13)10-20-18(17)21-12-22-19/h3,10,12-14H,1,4-9,11H2,2H3,(H,20,21,22)/t14-/m1/s1. The third-order valence-electron chi connectivity index (χ3n) is 5.67. The summed E-state index contributed by atoms with van der Waals surface area (Å²) in [6, 6.07) is 0.245. The number of carbonyl (C=O) groups is 1. The van der Waals surface area contributed by atoms with E-state index in [1.165, 1.54) is 11.6 Å². The second kappa shape index (κ2) is 7.07. The Hall–Kier alpha value is -2.41. The Bertz CT molecular complexity index is 811. The van der Waals surface area contributed by atoms with Crippen molar-refractivity contribution in [2.24, 2.45) is 0 Å². The van der Waals surface area contributed by atoms with Crippen LogP contribution >= 0.6 is 0 Å². The summed E-state index contributed by atoms with van der Waals surface area (Å²) in [5.41, 5.74) is 2.16. The van der Waals surface area contributed by atoms with E-state index in [0.29, 0.717) is 12.5 Å². The van der Waals surface area contributed by atoms with Crippen molar-refractivity contribution in [1.29, 1.82) is 0 Å². The number of likely N-dealkylation sites (N-methyl/N-ethyl adjacent to an activating group) is 1. The molecular weight excluding hydrogens is 330 g/mol. The highest BCUT2D eigenvalue weighted by Crippen LogP contribution is 2.36.